The van der Waals surface area contributed by atoms with Crippen LogP contribution in [0.4, 0.5) is 4.39 Å². The van der Waals surface area contributed by atoms with E-state index in [1.807, 2.05) is 0 Å². The Morgan fingerprint density at radius 1 is 1.43 bits per heavy atom. The van der Waals surface area contributed by atoms with Gasteiger partial charge in [-0.1, -0.05) is 30.9 Å². The average Bonchev–Trinajstić information content (AvgIpc) is 2.30. The zero-order chi connectivity index (χ0) is 15.6. The van der Waals surface area contributed by atoms with Crippen LogP contribution in [0, 0.1) is 11.7 Å². The van der Waals surface area contributed by atoms with Gasteiger partial charge < -0.3 is 5.32 Å². The molecular weight excluding hydrogens is 319 g/mol. The summed E-state index contributed by atoms with van der Waals surface area (Å²) in [6.07, 6.45) is 4.35. The van der Waals surface area contributed by atoms with Gasteiger partial charge in [0.25, 0.3) is 5.91 Å². The lowest BCUT2D eigenvalue weighted by Crippen LogP contribution is -2.28. The third kappa shape index (κ3) is 3.93. The molecule has 0 heterocycles. The van der Waals surface area contributed by atoms with E-state index in [9.17, 15) is 17.6 Å². The summed E-state index contributed by atoms with van der Waals surface area (Å²) in [5, 5.41) is 7.21. The topological polar surface area (TPSA) is 89.3 Å². The second-order valence-electron chi connectivity index (χ2n) is 5.15. The number of benzene rings is 1. The van der Waals surface area contributed by atoms with Crippen molar-refractivity contribution >= 4 is 27.5 Å². The first-order chi connectivity index (χ1) is 9.79. The molecule has 0 atom stereocenters. The Bertz CT molecular complexity index is 660. The van der Waals surface area contributed by atoms with Crippen LogP contribution in [0.5, 0.6) is 0 Å². The zero-order valence-electron chi connectivity index (χ0n) is 11.2. The summed E-state index contributed by atoms with van der Waals surface area (Å²) in [6.45, 7) is 0.427. The van der Waals surface area contributed by atoms with Gasteiger partial charge in [0.15, 0.2) is 0 Å². The number of halogens is 2. The lowest BCUT2D eigenvalue weighted by atomic mass is 9.83. The van der Waals surface area contributed by atoms with Gasteiger partial charge in [-0.2, -0.15) is 0 Å². The molecule has 8 heteroatoms. The SMILES string of the molecule is NS(=O)(=O)c1cc(C(=O)NCCC2CCC2)c(F)cc1Cl. The molecule has 116 valence electrons. The first-order valence-corrected chi connectivity index (χ1v) is 8.51. The summed E-state index contributed by atoms with van der Waals surface area (Å²) in [5.41, 5.74) is -0.378. The predicted molar refractivity (Wildman–Crippen MR) is 77.1 cm³/mol. The van der Waals surface area contributed by atoms with Crippen molar-refractivity contribution in [3.8, 4) is 0 Å². The van der Waals surface area contributed by atoms with Crippen molar-refractivity contribution in [3.63, 3.8) is 0 Å². The lowest BCUT2D eigenvalue weighted by Gasteiger charge is -2.25. The molecule has 1 saturated carbocycles. The Hall–Kier alpha value is -1.18. The smallest absolute Gasteiger partial charge is 0.254 e. The van der Waals surface area contributed by atoms with Crippen molar-refractivity contribution in [2.75, 3.05) is 6.54 Å². The Balaban J connectivity index is 2.12. The third-order valence-corrected chi connectivity index (χ3v) is 5.01. The molecule has 0 saturated heterocycles. The van der Waals surface area contributed by atoms with Crippen LogP contribution in [-0.4, -0.2) is 20.9 Å². The van der Waals surface area contributed by atoms with E-state index >= 15 is 0 Å². The van der Waals surface area contributed by atoms with Crippen molar-refractivity contribution in [1.82, 2.24) is 5.32 Å². The molecule has 1 aliphatic rings. The van der Waals surface area contributed by atoms with Crippen LogP contribution in [0.25, 0.3) is 0 Å². The normalized spacial score (nSPS) is 15.6. The summed E-state index contributed by atoms with van der Waals surface area (Å²) in [4.78, 5) is 11.5. The molecule has 0 radical (unpaired) electrons. The molecule has 0 aromatic heterocycles. The second kappa shape index (κ2) is 6.29. The number of sulfonamides is 1. The Morgan fingerprint density at radius 3 is 2.62 bits per heavy atom. The highest BCUT2D eigenvalue weighted by molar-refractivity contribution is 7.89. The summed E-state index contributed by atoms with van der Waals surface area (Å²) >= 11 is 5.63. The molecule has 21 heavy (non-hydrogen) atoms. The van der Waals surface area contributed by atoms with Gasteiger partial charge in [-0.15, -0.1) is 0 Å². The fourth-order valence-electron chi connectivity index (χ4n) is 2.19. The van der Waals surface area contributed by atoms with E-state index in [-0.39, 0.29) is 10.6 Å². The largest absolute Gasteiger partial charge is 0.352 e. The molecule has 1 aromatic carbocycles. The number of hydrogen-bond acceptors (Lipinski definition) is 3. The van der Waals surface area contributed by atoms with E-state index < -0.39 is 26.6 Å². The maximum absolute atomic E-state index is 13.8. The minimum Gasteiger partial charge on any atom is -0.352 e. The molecule has 1 aromatic rings. The standard InChI is InChI=1S/C13H16ClFN2O3S/c14-10-7-11(15)9(6-12(10)21(16,19)20)13(18)17-5-4-8-2-1-3-8/h6-8H,1-5H2,(H,17,18)(H2,16,19,20). The van der Waals surface area contributed by atoms with Crippen molar-refractivity contribution in [2.45, 2.75) is 30.6 Å². The summed E-state index contributed by atoms with van der Waals surface area (Å²) in [5.74, 6) is -0.942. The van der Waals surface area contributed by atoms with Crippen LogP contribution in [0.1, 0.15) is 36.0 Å². The first kappa shape index (κ1) is 16.2. The van der Waals surface area contributed by atoms with E-state index in [4.69, 9.17) is 16.7 Å². The Kier molecular flexibility index (Phi) is 4.85. The molecule has 1 fully saturated rings. The molecule has 0 unspecified atom stereocenters. The highest BCUT2D eigenvalue weighted by Crippen LogP contribution is 2.29. The summed E-state index contributed by atoms with van der Waals surface area (Å²) < 4.78 is 36.4. The number of carbonyl (C=O) groups excluding carboxylic acids is 1. The number of nitrogens with two attached hydrogens (primary N) is 1. The number of rotatable bonds is 5. The maximum Gasteiger partial charge on any atom is 0.254 e. The van der Waals surface area contributed by atoms with Crippen LogP contribution >= 0.6 is 11.6 Å². The maximum atomic E-state index is 13.8. The predicted octanol–water partition coefficient (Wildman–Crippen LogP) is 2.05. The molecule has 0 bridgehead atoms. The number of amides is 1. The number of hydrogen-bond donors (Lipinski definition) is 2. The van der Waals surface area contributed by atoms with Crippen LogP contribution in [0.2, 0.25) is 5.02 Å². The van der Waals surface area contributed by atoms with E-state index in [1.54, 1.807) is 0 Å². The van der Waals surface area contributed by atoms with Crippen molar-refractivity contribution in [1.29, 1.82) is 0 Å². The van der Waals surface area contributed by atoms with E-state index in [2.05, 4.69) is 5.32 Å². The highest BCUT2D eigenvalue weighted by Gasteiger charge is 2.21. The van der Waals surface area contributed by atoms with E-state index in [0.717, 1.165) is 31.4 Å². The monoisotopic (exact) mass is 334 g/mol. The van der Waals surface area contributed by atoms with Gasteiger partial charge in [-0.3, -0.25) is 4.79 Å². The first-order valence-electron chi connectivity index (χ1n) is 6.59. The van der Waals surface area contributed by atoms with Gasteiger partial charge in [0, 0.05) is 6.54 Å². The molecule has 1 aliphatic carbocycles. The van der Waals surface area contributed by atoms with Gasteiger partial charge in [0.1, 0.15) is 10.7 Å². The van der Waals surface area contributed by atoms with Crippen LogP contribution in [0.15, 0.2) is 17.0 Å². The van der Waals surface area contributed by atoms with Crippen molar-refractivity contribution < 1.29 is 17.6 Å². The van der Waals surface area contributed by atoms with Crippen molar-refractivity contribution in [3.05, 3.63) is 28.5 Å². The summed E-state index contributed by atoms with van der Waals surface area (Å²) in [7, 11) is -4.11. The second-order valence-corrected chi connectivity index (χ2v) is 7.09. The van der Waals surface area contributed by atoms with Crippen LogP contribution in [-0.2, 0) is 10.0 Å². The lowest BCUT2D eigenvalue weighted by molar-refractivity contribution is 0.0944. The quantitative estimate of drug-likeness (QED) is 0.863. The van der Waals surface area contributed by atoms with Crippen molar-refractivity contribution in [2.24, 2.45) is 11.1 Å². The zero-order valence-corrected chi connectivity index (χ0v) is 12.8. The fraction of sp³-hybridized carbons (Fsp3) is 0.462. The summed E-state index contributed by atoms with van der Waals surface area (Å²) in [6, 6.07) is 1.65. The highest BCUT2D eigenvalue weighted by atomic mass is 35.5. The van der Waals surface area contributed by atoms with Gasteiger partial charge in [-0.05, 0) is 24.5 Å². The van der Waals surface area contributed by atoms with Gasteiger partial charge >= 0.3 is 0 Å². The molecular formula is C13H16ClFN2O3S. The van der Waals surface area contributed by atoms with Crippen LogP contribution < -0.4 is 10.5 Å². The Morgan fingerprint density at radius 2 is 2.10 bits per heavy atom. The molecule has 0 aliphatic heterocycles. The molecule has 3 N–H and O–H groups in total. The Labute approximate surface area is 127 Å². The minimum atomic E-state index is -4.11. The third-order valence-electron chi connectivity index (χ3n) is 3.64. The molecule has 1 amide bonds. The minimum absolute atomic E-state index is 0.346. The number of carbonyl (C=O) groups is 1. The average molecular weight is 335 g/mol. The van der Waals surface area contributed by atoms with E-state index in [1.165, 1.54) is 6.42 Å². The van der Waals surface area contributed by atoms with Gasteiger partial charge in [0.05, 0.1) is 10.6 Å². The van der Waals surface area contributed by atoms with Crippen LogP contribution in [0.3, 0.4) is 0 Å². The number of nitrogens with one attached hydrogen (secondary N) is 1. The van der Waals surface area contributed by atoms with Gasteiger partial charge in [0.2, 0.25) is 10.0 Å². The van der Waals surface area contributed by atoms with E-state index in [0.29, 0.717) is 12.5 Å². The molecule has 2 rings (SSSR count). The number of primary sulfonamides is 1. The fourth-order valence-corrected chi connectivity index (χ4v) is 3.27. The molecule has 5 nitrogen and oxygen atoms in total. The molecule has 0 spiro atoms. The van der Waals surface area contributed by atoms with Gasteiger partial charge in [-0.25, -0.2) is 17.9 Å².